The summed E-state index contributed by atoms with van der Waals surface area (Å²) in [5, 5.41) is 3.27. The van der Waals surface area contributed by atoms with E-state index in [0.717, 1.165) is 38.1 Å². The fourth-order valence-corrected chi connectivity index (χ4v) is 2.60. The van der Waals surface area contributed by atoms with Crippen LogP contribution in [0.1, 0.15) is 26.2 Å². The zero-order valence-corrected chi connectivity index (χ0v) is 11.8. The van der Waals surface area contributed by atoms with Crippen LogP contribution in [0.3, 0.4) is 0 Å². The Labute approximate surface area is 109 Å². The second-order valence-corrected chi connectivity index (χ2v) is 5.10. The molecule has 1 heterocycles. The topological polar surface area (TPSA) is 32.3 Å². The van der Waals surface area contributed by atoms with Gasteiger partial charge in [-0.1, -0.05) is 6.92 Å². The lowest BCUT2D eigenvalue weighted by atomic mass is 10.1. The third-order valence-electron chi connectivity index (χ3n) is 2.83. The van der Waals surface area contributed by atoms with Crippen molar-refractivity contribution in [3.63, 3.8) is 0 Å². The van der Waals surface area contributed by atoms with Gasteiger partial charge in [0.25, 0.3) is 0 Å². The number of carbonyl (C=O) groups is 1. The van der Waals surface area contributed by atoms with E-state index in [4.69, 9.17) is 0 Å². The van der Waals surface area contributed by atoms with E-state index in [2.05, 4.69) is 12.2 Å². The molecule has 0 saturated carbocycles. The predicted octanol–water partition coefficient (Wildman–Crippen LogP) is 1.76. The van der Waals surface area contributed by atoms with Crippen LogP contribution in [0.5, 0.6) is 0 Å². The number of amides is 1. The summed E-state index contributed by atoms with van der Waals surface area (Å²) >= 11 is 1.75. The van der Waals surface area contributed by atoms with Crippen LogP contribution in [0, 0.1) is 0 Å². The highest BCUT2D eigenvalue weighted by Crippen LogP contribution is 2.12. The molecule has 3 nitrogen and oxygen atoms in total. The summed E-state index contributed by atoms with van der Waals surface area (Å²) < 4.78 is 0. The van der Waals surface area contributed by atoms with E-state index in [1.165, 1.54) is 0 Å². The molecule has 1 rings (SSSR count). The van der Waals surface area contributed by atoms with Gasteiger partial charge in [-0.05, 0) is 32.1 Å². The fraction of sp³-hybridized carbons (Fsp3) is 0.909. The van der Waals surface area contributed by atoms with E-state index in [1.807, 2.05) is 11.9 Å². The molecule has 1 amide bonds. The van der Waals surface area contributed by atoms with E-state index < -0.39 is 0 Å². The highest BCUT2D eigenvalue weighted by atomic mass is 35.5. The lowest BCUT2D eigenvalue weighted by Crippen LogP contribution is -2.44. The smallest absolute Gasteiger partial charge is 0.232 e. The minimum absolute atomic E-state index is 0. The quantitative estimate of drug-likeness (QED) is 0.770. The number of carbonyl (C=O) groups excluding carboxylic acids is 1. The lowest BCUT2D eigenvalue weighted by molar-refractivity contribution is -0.129. The van der Waals surface area contributed by atoms with Crippen LogP contribution < -0.4 is 5.32 Å². The van der Waals surface area contributed by atoms with E-state index in [-0.39, 0.29) is 12.4 Å². The van der Waals surface area contributed by atoms with Crippen molar-refractivity contribution in [3.8, 4) is 0 Å². The standard InChI is InChI=1S/C11H22N2OS.ClH/c1-3-8-15-9-11(14)13-6-4-10(12-2)5-7-13;/h10,12H,3-9H2,1-2H3;1H. The number of nitrogens with one attached hydrogen (secondary N) is 1. The average molecular weight is 267 g/mol. The molecule has 0 aromatic carbocycles. The molecule has 0 atom stereocenters. The molecule has 16 heavy (non-hydrogen) atoms. The Hall–Kier alpha value is 0.0700. The van der Waals surface area contributed by atoms with E-state index in [9.17, 15) is 4.79 Å². The molecule has 0 aromatic heterocycles. The monoisotopic (exact) mass is 266 g/mol. The molecule has 0 radical (unpaired) electrons. The van der Waals surface area contributed by atoms with Crippen molar-refractivity contribution >= 4 is 30.1 Å². The van der Waals surface area contributed by atoms with Gasteiger partial charge in [0.2, 0.25) is 5.91 Å². The molecule has 0 spiro atoms. The van der Waals surface area contributed by atoms with Crippen LogP contribution in [-0.2, 0) is 4.79 Å². The molecular formula is C11H23ClN2OS. The van der Waals surface area contributed by atoms with Crippen LogP contribution in [-0.4, -0.2) is 48.5 Å². The highest BCUT2D eigenvalue weighted by molar-refractivity contribution is 7.99. The van der Waals surface area contributed by atoms with Gasteiger partial charge in [0.1, 0.15) is 0 Å². The Bertz CT molecular complexity index is 196. The molecule has 0 unspecified atom stereocenters. The van der Waals surface area contributed by atoms with Crippen LogP contribution in [0.2, 0.25) is 0 Å². The van der Waals surface area contributed by atoms with Gasteiger partial charge < -0.3 is 10.2 Å². The molecular weight excluding hydrogens is 244 g/mol. The first kappa shape index (κ1) is 16.1. The van der Waals surface area contributed by atoms with Crippen molar-refractivity contribution < 1.29 is 4.79 Å². The second kappa shape index (κ2) is 9.14. The first-order valence-electron chi connectivity index (χ1n) is 5.80. The highest BCUT2D eigenvalue weighted by Gasteiger charge is 2.21. The predicted molar refractivity (Wildman–Crippen MR) is 73.5 cm³/mol. The zero-order valence-electron chi connectivity index (χ0n) is 10.2. The Morgan fingerprint density at radius 2 is 2.06 bits per heavy atom. The van der Waals surface area contributed by atoms with Crippen molar-refractivity contribution in [1.82, 2.24) is 10.2 Å². The normalized spacial score (nSPS) is 17.0. The number of halogens is 1. The maximum Gasteiger partial charge on any atom is 0.232 e. The SMILES string of the molecule is CCCSCC(=O)N1CCC(NC)CC1.Cl. The minimum Gasteiger partial charge on any atom is -0.342 e. The van der Waals surface area contributed by atoms with Gasteiger partial charge >= 0.3 is 0 Å². The number of thioether (sulfide) groups is 1. The summed E-state index contributed by atoms with van der Waals surface area (Å²) in [6, 6.07) is 0.609. The number of nitrogens with zero attached hydrogens (tertiary/aromatic N) is 1. The third kappa shape index (κ3) is 5.41. The van der Waals surface area contributed by atoms with Gasteiger partial charge in [-0.3, -0.25) is 4.79 Å². The Kier molecular flexibility index (Phi) is 9.18. The molecule has 96 valence electrons. The van der Waals surface area contributed by atoms with Gasteiger partial charge in [0, 0.05) is 19.1 Å². The molecule has 1 saturated heterocycles. The van der Waals surface area contributed by atoms with Gasteiger partial charge in [0.05, 0.1) is 5.75 Å². The molecule has 0 aliphatic carbocycles. The Morgan fingerprint density at radius 3 is 2.56 bits per heavy atom. The Morgan fingerprint density at radius 1 is 1.44 bits per heavy atom. The summed E-state index contributed by atoms with van der Waals surface area (Å²) in [5.41, 5.74) is 0. The van der Waals surface area contributed by atoms with Gasteiger partial charge in [-0.25, -0.2) is 0 Å². The van der Waals surface area contributed by atoms with E-state index in [0.29, 0.717) is 17.7 Å². The van der Waals surface area contributed by atoms with Crippen LogP contribution in [0.4, 0.5) is 0 Å². The second-order valence-electron chi connectivity index (χ2n) is 4.00. The maximum atomic E-state index is 11.8. The number of piperidine rings is 1. The molecule has 1 fully saturated rings. The first-order chi connectivity index (χ1) is 7.27. The summed E-state index contributed by atoms with van der Waals surface area (Å²) in [5.74, 6) is 2.08. The fourth-order valence-electron chi connectivity index (χ4n) is 1.81. The van der Waals surface area contributed by atoms with Crippen molar-refractivity contribution in [2.24, 2.45) is 0 Å². The van der Waals surface area contributed by atoms with E-state index >= 15 is 0 Å². The van der Waals surface area contributed by atoms with Crippen molar-refractivity contribution in [2.45, 2.75) is 32.2 Å². The molecule has 1 aliphatic heterocycles. The van der Waals surface area contributed by atoms with Gasteiger partial charge in [-0.15, -0.1) is 12.4 Å². The number of likely N-dealkylation sites (tertiary alicyclic amines) is 1. The van der Waals surface area contributed by atoms with Crippen LogP contribution in [0.15, 0.2) is 0 Å². The van der Waals surface area contributed by atoms with Crippen molar-refractivity contribution in [1.29, 1.82) is 0 Å². The van der Waals surface area contributed by atoms with Crippen molar-refractivity contribution in [2.75, 3.05) is 31.6 Å². The zero-order chi connectivity index (χ0) is 11.1. The maximum absolute atomic E-state index is 11.8. The summed E-state index contributed by atoms with van der Waals surface area (Å²) in [7, 11) is 2.00. The Balaban J connectivity index is 0.00000225. The summed E-state index contributed by atoms with van der Waals surface area (Å²) in [6.45, 7) is 4.00. The molecule has 5 heteroatoms. The van der Waals surface area contributed by atoms with Gasteiger partial charge in [-0.2, -0.15) is 11.8 Å². The lowest BCUT2D eigenvalue weighted by Gasteiger charge is -2.31. The largest absolute Gasteiger partial charge is 0.342 e. The van der Waals surface area contributed by atoms with E-state index in [1.54, 1.807) is 11.8 Å². The molecule has 0 aromatic rings. The van der Waals surface area contributed by atoms with Crippen LogP contribution in [0.25, 0.3) is 0 Å². The average Bonchev–Trinajstić information content (AvgIpc) is 2.29. The number of hydrogen-bond donors (Lipinski definition) is 1. The number of hydrogen-bond acceptors (Lipinski definition) is 3. The summed E-state index contributed by atoms with van der Waals surface area (Å²) in [4.78, 5) is 13.8. The first-order valence-corrected chi connectivity index (χ1v) is 6.96. The molecule has 1 N–H and O–H groups in total. The van der Waals surface area contributed by atoms with Gasteiger partial charge in [0.15, 0.2) is 0 Å². The molecule has 1 aliphatic rings. The minimum atomic E-state index is 0. The third-order valence-corrected chi connectivity index (χ3v) is 3.98. The van der Waals surface area contributed by atoms with Crippen LogP contribution >= 0.6 is 24.2 Å². The molecule has 0 bridgehead atoms. The number of rotatable bonds is 5. The van der Waals surface area contributed by atoms with Crippen molar-refractivity contribution in [3.05, 3.63) is 0 Å². The summed E-state index contributed by atoms with van der Waals surface area (Å²) in [6.07, 6.45) is 3.35.